The monoisotopic (exact) mass is 457 g/mol. The summed E-state index contributed by atoms with van der Waals surface area (Å²) in [5.74, 6) is -0.701. The number of amides is 2. The van der Waals surface area contributed by atoms with E-state index < -0.39 is 0 Å². The molecule has 8 heteroatoms. The van der Waals surface area contributed by atoms with Crippen LogP contribution in [0.1, 0.15) is 47.3 Å². The van der Waals surface area contributed by atoms with Crippen LogP contribution in [0.3, 0.4) is 0 Å². The number of rotatable bonds is 4. The zero-order valence-electron chi connectivity index (χ0n) is 18.1. The number of carbonyl (C=O) groups is 2. The number of piperazine rings is 1. The molecule has 2 aliphatic rings. The van der Waals surface area contributed by atoms with Crippen LogP contribution in [0.5, 0.6) is 11.5 Å². The molecule has 2 N–H and O–H groups in total. The fourth-order valence-corrected chi connectivity index (χ4v) is 4.77. The Morgan fingerprint density at radius 3 is 2.50 bits per heavy atom. The Bertz CT molecular complexity index is 1020. The summed E-state index contributed by atoms with van der Waals surface area (Å²) in [6.45, 7) is 6.20. The topological polar surface area (TPSA) is 84.3 Å². The lowest BCUT2D eigenvalue weighted by atomic mass is 10.0. The van der Waals surface area contributed by atoms with Crippen molar-refractivity contribution in [3.8, 4) is 11.5 Å². The van der Waals surface area contributed by atoms with E-state index in [-0.39, 0.29) is 39.9 Å². The van der Waals surface area contributed by atoms with Crippen molar-refractivity contribution >= 4 is 23.4 Å². The SMILES string of the molecule is CC(=O)N1CCN(Cc2cccc(C3CCCN3C(=O)c3cc(Cl)c(O)cc3O)c2)CC1. The highest BCUT2D eigenvalue weighted by molar-refractivity contribution is 6.32. The first kappa shape index (κ1) is 22.4. The molecule has 0 radical (unpaired) electrons. The van der Waals surface area contributed by atoms with E-state index in [0.717, 1.165) is 57.2 Å². The molecule has 2 saturated heterocycles. The highest BCUT2D eigenvalue weighted by Gasteiger charge is 2.32. The number of hydrogen-bond donors (Lipinski definition) is 2. The molecule has 0 spiro atoms. The number of hydrogen-bond acceptors (Lipinski definition) is 5. The van der Waals surface area contributed by atoms with Crippen molar-refractivity contribution in [3.05, 3.63) is 58.1 Å². The summed E-state index contributed by atoms with van der Waals surface area (Å²) in [7, 11) is 0. The van der Waals surface area contributed by atoms with E-state index in [9.17, 15) is 19.8 Å². The molecule has 4 rings (SSSR count). The van der Waals surface area contributed by atoms with E-state index in [0.29, 0.717) is 6.54 Å². The van der Waals surface area contributed by atoms with Gasteiger partial charge in [0.2, 0.25) is 5.91 Å². The average molecular weight is 458 g/mol. The van der Waals surface area contributed by atoms with Crippen molar-refractivity contribution in [1.29, 1.82) is 0 Å². The highest BCUT2D eigenvalue weighted by Crippen LogP contribution is 2.37. The summed E-state index contributed by atoms with van der Waals surface area (Å²) >= 11 is 5.97. The second-order valence-corrected chi connectivity index (χ2v) is 8.91. The molecule has 0 bridgehead atoms. The molecule has 32 heavy (non-hydrogen) atoms. The van der Waals surface area contributed by atoms with Gasteiger partial charge in [0.1, 0.15) is 11.5 Å². The van der Waals surface area contributed by atoms with E-state index in [1.807, 2.05) is 17.0 Å². The average Bonchev–Trinajstić information content (AvgIpc) is 3.26. The number of benzene rings is 2. The number of halogens is 1. The molecule has 0 aromatic heterocycles. The Morgan fingerprint density at radius 2 is 1.78 bits per heavy atom. The molecule has 2 heterocycles. The molecule has 7 nitrogen and oxygen atoms in total. The highest BCUT2D eigenvalue weighted by atomic mass is 35.5. The van der Waals surface area contributed by atoms with Crippen molar-refractivity contribution in [1.82, 2.24) is 14.7 Å². The Hall–Kier alpha value is -2.77. The summed E-state index contributed by atoms with van der Waals surface area (Å²) in [4.78, 5) is 30.7. The minimum absolute atomic E-state index is 0.0359. The van der Waals surface area contributed by atoms with Crippen LogP contribution in [0.25, 0.3) is 0 Å². The fourth-order valence-electron chi connectivity index (χ4n) is 4.61. The minimum Gasteiger partial charge on any atom is -0.507 e. The van der Waals surface area contributed by atoms with E-state index in [1.165, 1.54) is 11.6 Å². The first-order valence-electron chi connectivity index (χ1n) is 10.9. The Kier molecular flexibility index (Phi) is 6.58. The van der Waals surface area contributed by atoms with E-state index in [2.05, 4.69) is 17.0 Å². The van der Waals surface area contributed by atoms with Gasteiger partial charge in [-0.3, -0.25) is 14.5 Å². The Balaban J connectivity index is 1.48. The summed E-state index contributed by atoms with van der Waals surface area (Å²) in [6.07, 6.45) is 1.72. The number of phenolic OH excluding ortho intramolecular Hbond substituents is 2. The summed E-state index contributed by atoms with van der Waals surface area (Å²) in [5, 5.41) is 19.9. The van der Waals surface area contributed by atoms with Gasteiger partial charge in [-0.15, -0.1) is 0 Å². The van der Waals surface area contributed by atoms with Crippen LogP contribution in [0.2, 0.25) is 5.02 Å². The molecule has 2 aromatic carbocycles. The van der Waals surface area contributed by atoms with E-state index in [1.54, 1.807) is 11.8 Å². The van der Waals surface area contributed by atoms with Gasteiger partial charge in [-0.2, -0.15) is 0 Å². The lowest BCUT2D eigenvalue weighted by molar-refractivity contribution is -0.130. The number of nitrogens with zero attached hydrogens (tertiary/aromatic N) is 3. The van der Waals surface area contributed by atoms with E-state index >= 15 is 0 Å². The number of carbonyl (C=O) groups excluding carboxylic acids is 2. The molecule has 1 unspecified atom stereocenters. The summed E-state index contributed by atoms with van der Waals surface area (Å²) < 4.78 is 0. The minimum atomic E-state index is -0.294. The maximum atomic E-state index is 13.2. The van der Waals surface area contributed by atoms with Crippen molar-refractivity contribution in [2.75, 3.05) is 32.7 Å². The first-order chi connectivity index (χ1) is 15.3. The van der Waals surface area contributed by atoms with Crippen LogP contribution in [0.15, 0.2) is 36.4 Å². The van der Waals surface area contributed by atoms with Crippen LogP contribution < -0.4 is 0 Å². The third-order valence-electron chi connectivity index (χ3n) is 6.37. The van der Waals surface area contributed by atoms with Crippen LogP contribution >= 0.6 is 11.6 Å². The first-order valence-corrected chi connectivity index (χ1v) is 11.3. The predicted molar refractivity (Wildman–Crippen MR) is 122 cm³/mol. The third kappa shape index (κ3) is 4.69. The zero-order valence-corrected chi connectivity index (χ0v) is 18.9. The van der Waals surface area contributed by atoms with Crippen LogP contribution in [-0.2, 0) is 11.3 Å². The quantitative estimate of drug-likeness (QED) is 0.735. The van der Waals surface area contributed by atoms with Gasteiger partial charge in [0.25, 0.3) is 5.91 Å². The van der Waals surface area contributed by atoms with Crippen LogP contribution in [0, 0.1) is 0 Å². The van der Waals surface area contributed by atoms with Gasteiger partial charge in [0, 0.05) is 52.3 Å². The van der Waals surface area contributed by atoms with Gasteiger partial charge in [-0.25, -0.2) is 0 Å². The maximum absolute atomic E-state index is 13.2. The van der Waals surface area contributed by atoms with Gasteiger partial charge >= 0.3 is 0 Å². The molecule has 0 saturated carbocycles. The van der Waals surface area contributed by atoms with Crippen LogP contribution in [-0.4, -0.2) is 69.5 Å². The molecular weight excluding hydrogens is 430 g/mol. The standard InChI is InChI=1S/C24H28ClN3O4/c1-16(29)27-10-8-26(9-11-27)15-17-4-2-5-18(12-17)21-6-3-7-28(21)24(32)19-13-20(25)23(31)14-22(19)30/h2,4-5,12-14,21,30-31H,3,6-11,15H2,1H3. The molecular formula is C24H28ClN3O4. The predicted octanol–water partition coefficient (Wildman–Crippen LogP) is 3.39. The maximum Gasteiger partial charge on any atom is 0.258 e. The molecule has 2 aliphatic heterocycles. The summed E-state index contributed by atoms with van der Waals surface area (Å²) in [5.41, 5.74) is 2.34. The molecule has 170 valence electrons. The van der Waals surface area contributed by atoms with Crippen LogP contribution in [0.4, 0.5) is 0 Å². The van der Waals surface area contributed by atoms with Gasteiger partial charge in [0.15, 0.2) is 0 Å². The Morgan fingerprint density at radius 1 is 1.03 bits per heavy atom. The summed E-state index contributed by atoms with van der Waals surface area (Å²) in [6, 6.07) is 10.6. The Labute approximate surface area is 192 Å². The van der Waals surface area contributed by atoms with Crippen molar-refractivity contribution in [2.45, 2.75) is 32.4 Å². The lowest BCUT2D eigenvalue weighted by Gasteiger charge is -2.34. The molecule has 0 aliphatic carbocycles. The van der Waals surface area contributed by atoms with Gasteiger partial charge in [0.05, 0.1) is 16.6 Å². The normalized spacial score (nSPS) is 19.4. The molecule has 1 atom stereocenters. The lowest BCUT2D eigenvalue weighted by Crippen LogP contribution is -2.47. The number of likely N-dealkylation sites (tertiary alicyclic amines) is 1. The molecule has 2 aromatic rings. The van der Waals surface area contributed by atoms with Gasteiger partial charge in [-0.1, -0.05) is 35.9 Å². The van der Waals surface area contributed by atoms with Gasteiger partial charge < -0.3 is 20.0 Å². The van der Waals surface area contributed by atoms with E-state index in [4.69, 9.17) is 11.6 Å². The second-order valence-electron chi connectivity index (χ2n) is 8.50. The van der Waals surface area contributed by atoms with Crippen molar-refractivity contribution in [2.24, 2.45) is 0 Å². The molecule has 2 amide bonds. The molecule has 2 fully saturated rings. The third-order valence-corrected chi connectivity index (χ3v) is 6.67. The fraction of sp³-hybridized carbons (Fsp3) is 0.417. The smallest absolute Gasteiger partial charge is 0.258 e. The van der Waals surface area contributed by atoms with Gasteiger partial charge in [-0.05, 0) is 30.0 Å². The number of phenols is 2. The largest absolute Gasteiger partial charge is 0.507 e. The second kappa shape index (κ2) is 9.38. The zero-order chi connectivity index (χ0) is 22.8. The number of aromatic hydroxyl groups is 2. The van der Waals surface area contributed by atoms with Crippen molar-refractivity contribution in [3.63, 3.8) is 0 Å². The van der Waals surface area contributed by atoms with Crippen molar-refractivity contribution < 1.29 is 19.8 Å².